The van der Waals surface area contributed by atoms with Crippen LogP contribution in [-0.4, -0.2) is 9.78 Å². The molecule has 0 atom stereocenters. The lowest BCUT2D eigenvalue weighted by Gasteiger charge is -2.05. The van der Waals surface area contributed by atoms with Crippen LogP contribution in [0, 0.1) is 0 Å². The molecular formula is C16H12BrClN2. The van der Waals surface area contributed by atoms with Crippen LogP contribution >= 0.6 is 27.5 Å². The first-order valence-corrected chi connectivity index (χ1v) is 7.41. The summed E-state index contributed by atoms with van der Waals surface area (Å²) < 4.78 is 2.88. The Bertz CT molecular complexity index is 722. The van der Waals surface area contributed by atoms with Crippen molar-refractivity contribution in [3.63, 3.8) is 0 Å². The van der Waals surface area contributed by atoms with Gasteiger partial charge in [-0.1, -0.05) is 63.9 Å². The van der Waals surface area contributed by atoms with Gasteiger partial charge in [-0.15, -0.1) is 0 Å². The highest BCUT2D eigenvalue weighted by molar-refractivity contribution is 9.10. The molecule has 1 aromatic heterocycles. The SMILES string of the molecule is Clc1cc(Br)ccc1Cn1cc(-c2ccccc2)cn1. The lowest BCUT2D eigenvalue weighted by atomic mass is 10.1. The van der Waals surface area contributed by atoms with E-state index >= 15 is 0 Å². The summed E-state index contributed by atoms with van der Waals surface area (Å²) in [6.07, 6.45) is 3.91. The van der Waals surface area contributed by atoms with Gasteiger partial charge in [0, 0.05) is 21.3 Å². The molecular weight excluding hydrogens is 336 g/mol. The molecule has 0 N–H and O–H groups in total. The fraction of sp³-hybridized carbons (Fsp3) is 0.0625. The molecule has 4 heteroatoms. The van der Waals surface area contributed by atoms with Crippen LogP contribution in [0.4, 0.5) is 0 Å². The Hall–Kier alpha value is -1.58. The highest BCUT2D eigenvalue weighted by Gasteiger charge is 2.05. The van der Waals surface area contributed by atoms with Crippen molar-refractivity contribution < 1.29 is 0 Å². The van der Waals surface area contributed by atoms with Gasteiger partial charge < -0.3 is 0 Å². The summed E-state index contributed by atoms with van der Waals surface area (Å²) in [5, 5.41) is 5.14. The van der Waals surface area contributed by atoms with Crippen molar-refractivity contribution in [1.29, 1.82) is 0 Å². The van der Waals surface area contributed by atoms with Crippen LogP contribution in [0.3, 0.4) is 0 Å². The average Bonchev–Trinajstić information content (AvgIpc) is 2.92. The molecule has 100 valence electrons. The number of benzene rings is 2. The average molecular weight is 348 g/mol. The van der Waals surface area contributed by atoms with Crippen LogP contribution in [0.1, 0.15) is 5.56 Å². The van der Waals surface area contributed by atoms with E-state index in [1.54, 1.807) is 0 Å². The van der Waals surface area contributed by atoms with Crippen molar-refractivity contribution in [1.82, 2.24) is 9.78 Å². The van der Waals surface area contributed by atoms with Gasteiger partial charge >= 0.3 is 0 Å². The third kappa shape index (κ3) is 2.94. The molecule has 3 rings (SSSR count). The number of hydrogen-bond acceptors (Lipinski definition) is 1. The maximum absolute atomic E-state index is 6.23. The first-order chi connectivity index (χ1) is 9.72. The van der Waals surface area contributed by atoms with Gasteiger partial charge in [-0.25, -0.2) is 0 Å². The Balaban J connectivity index is 1.84. The molecule has 0 amide bonds. The van der Waals surface area contributed by atoms with Crippen LogP contribution in [-0.2, 0) is 6.54 Å². The van der Waals surface area contributed by atoms with Crippen molar-refractivity contribution in [2.45, 2.75) is 6.54 Å². The quantitative estimate of drug-likeness (QED) is 0.651. The lowest BCUT2D eigenvalue weighted by molar-refractivity contribution is 0.687. The largest absolute Gasteiger partial charge is 0.268 e. The number of rotatable bonds is 3. The van der Waals surface area contributed by atoms with E-state index in [0.29, 0.717) is 6.54 Å². The summed E-state index contributed by atoms with van der Waals surface area (Å²) in [4.78, 5) is 0. The topological polar surface area (TPSA) is 17.8 Å². The van der Waals surface area contributed by atoms with Crippen LogP contribution in [0.15, 0.2) is 65.4 Å². The van der Waals surface area contributed by atoms with E-state index in [9.17, 15) is 0 Å². The molecule has 0 spiro atoms. The molecule has 0 saturated heterocycles. The maximum Gasteiger partial charge on any atom is 0.0674 e. The molecule has 2 aromatic carbocycles. The molecule has 0 saturated carbocycles. The summed E-state index contributed by atoms with van der Waals surface area (Å²) in [5.74, 6) is 0. The van der Waals surface area contributed by atoms with Gasteiger partial charge in [0.15, 0.2) is 0 Å². The number of halogens is 2. The van der Waals surface area contributed by atoms with E-state index in [4.69, 9.17) is 11.6 Å². The molecule has 20 heavy (non-hydrogen) atoms. The van der Waals surface area contributed by atoms with Crippen LogP contribution < -0.4 is 0 Å². The Kier molecular flexibility index (Phi) is 3.90. The summed E-state index contributed by atoms with van der Waals surface area (Å²) in [7, 11) is 0. The van der Waals surface area contributed by atoms with Gasteiger partial charge in [-0.2, -0.15) is 5.10 Å². The van der Waals surface area contributed by atoms with Crippen LogP contribution in [0.25, 0.3) is 11.1 Å². The number of nitrogens with zero attached hydrogens (tertiary/aromatic N) is 2. The molecule has 0 fully saturated rings. The minimum absolute atomic E-state index is 0.666. The van der Waals surface area contributed by atoms with Crippen molar-refractivity contribution >= 4 is 27.5 Å². The van der Waals surface area contributed by atoms with Gasteiger partial charge in [0.2, 0.25) is 0 Å². The van der Waals surface area contributed by atoms with E-state index < -0.39 is 0 Å². The molecule has 0 radical (unpaired) electrons. The first kappa shape index (κ1) is 13.4. The number of aromatic nitrogens is 2. The predicted octanol–water partition coefficient (Wildman–Crippen LogP) is 5.01. The zero-order valence-electron chi connectivity index (χ0n) is 10.6. The molecule has 0 aliphatic carbocycles. The van der Waals surface area contributed by atoms with E-state index in [1.807, 2.05) is 53.5 Å². The van der Waals surface area contributed by atoms with E-state index in [-0.39, 0.29) is 0 Å². The van der Waals surface area contributed by atoms with Gasteiger partial charge in [0.25, 0.3) is 0 Å². The van der Waals surface area contributed by atoms with Gasteiger partial charge in [0.1, 0.15) is 0 Å². The summed E-state index contributed by atoms with van der Waals surface area (Å²) in [5.41, 5.74) is 3.33. The first-order valence-electron chi connectivity index (χ1n) is 6.24. The second-order valence-corrected chi connectivity index (χ2v) is 5.85. The van der Waals surface area contributed by atoms with E-state index in [2.05, 4.69) is 33.2 Å². The summed E-state index contributed by atoms with van der Waals surface area (Å²) >= 11 is 9.64. The van der Waals surface area contributed by atoms with Crippen molar-refractivity contribution in [2.24, 2.45) is 0 Å². The Morgan fingerprint density at radius 2 is 1.85 bits per heavy atom. The third-order valence-corrected chi connectivity index (χ3v) is 3.93. The van der Waals surface area contributed by atoms with Crippen LogP contribution in [0.2, 0.25) is 5.02 Å². The minimum atomic E-state index is 0.666. The smallest absolute Gasteiger partial charge is 0.0674 e. The predicted molar refractivity (Wildman–Crippen MR) is 85.9 cm³/mol. The maximum atomic E-state index is 6.23. The van der Waals surface area contributed by atoms with Gasteiger partial charge in [-0.05, 0) is 23.3 Å². The fourth-order valence-electron chi connectivity index (χ4n) is 2.05. The van der Waals surface area contributed by atoms with Crippen molar-refractivity contribution in [3.8, 4) is 11.1 Å². The second kappa shape index (κ2) is 5.81. The lowest BCUT2D eigenvalue weighted by Crippen LogP contribution is -2.00. The molecule has 0 aliphatic heterocycles. The Labute approximate surface area is 131 Å². The zero-order valence-corrected chi connectivity index (χ0v) is 13.0. The van der Waals surface area contributed by atoms with Crippen molar-refractivity contribution in [2.75, 3.05) is 0 Å². The Morgan fingerprint density at radius 3 is 2.60 bits per heavy atom. The van der Waals surface area contributed by atoms with E-state index in [1.165, 1.54) is 5.56 Å². The van der Waals surface area contributed by atoms with Crippen LogP contribution in [0.5, 0.6) is 0 Å². The van der Waals surface area contributed by atoms with Crippen molar-refractivity contribution in [3.05, 3.63) is 76.0 Å². The highest BCUT2D eigenvalue weighted by Crippen LogP contribution is 2.23. The number of hydrogen-bond donors (Lipinski definition) is 0. The second-order valence-electron chi connectivity index (χ2n) is 4.53. The minimum Gasteiger partial charge on any atom is -0.268 e. The summed E-state index contributed by atoms with van der Waals surface area (Å²) in [6, 6.07) is 16.1. The van der Waals surface area contributed by atoms with Gasteiger partial charge in [-0.3, -0.25) is 4.68 Å². The normalized spacial score (nSPS) is 10.7. The third-order valence-electron chi connectivity index (χ3n) is 3.09. The Morgan fingerprint density at radius 1 is 1.05 bits per heavy atom. The molecule has 1 heterocycles. The summed E-state index contributed by atoms with van der Waals surface area (Å²) in [6.45, 7) is 0.666. The fourth-order valence-corrected chi connectivity index (χ4v) is 2.79. The molecule has 0 bridgehead atoms. The van der Waals surface area contributed by atoms with E-state index in [0.717, 1.165) is 20.6 Å². The standard InChI is InChI=1S/C16H12BrClN2/c17-15-7-6-13(16(18)8-15)10-20-11-14(9-19-20)12-4-2-1-3-5-12/h1-9,11H,10H2. The molecule has 0 aliphatic rings. The molecule has 0 unspecified atom stereocenters. The zero-order chi connectivity index (χ0) is 13.9. The van der Waals surface area contributed by atoms with Gasteiger partial charge in [0.05, 0.1) is 12.7 Å². The molecule has 2 nitrogen and oxygen atoms in total. The molecule has 3 aromatic rings. The highest BCUT2D eigenvalue weighted by atomic mass is 79.9. The monoisotopic (exact) mass is 346 g/mol.